The van der Waals surface area contributed by atoms with Gasteiger partial charge in [0.1, 0.15) is 5.57 Å². The number of cyclic esters (lactones) is 2. The molecule has 1 aromatic rings. The predicted molar refractivity (Wildman–Crippen MR) is 65.6 cm³/mol. The van der Waals surface area contributed by atoms with Crippen molar-refractivity contribution in [2.24, 2.45) is 0 Å². The van der Waals surface area contributed by atoms with E-state index in [9.17, 15) is 31.5 Å². The average Bonchev–Trinajstić information content (AvgIpc) is 2.35. The highest BCUT2D eigenvalue weighted by Gasteiger charge is 2.40. The van der Waals surface area contributed by atoms with Crippen LogP contribution in [0.15, 0.2) is 17.7 Å². The van der Waals surface area contributed by atoms with Crippen LogP contribution in [0.2, 0.25) is 0 Å². The van der Waals surface area contributed by atoms with Gasteiger partial charge in [0, 0.05) is 19.4 Å². The Balaban J connectivity index is 2.46. The van der Waals surface area contributed by atoms with Gasteiger partial charge in [-0.15, -0.1) is 0 Å². The van der Waals surface area contributed by atoms with Gasteiger partial charge in [0.05, 0.1) is 5.56 Å². The first kappa shape index (κ1) is 16.9. The van der Waals surface area contributed by atoms with E-state index < -0.39 is 52.2 Å². The second kappa shape index (κ2) is 5.32. The van der Waals surface area contributed by atoms with E-state index in [1.807, 2.05) is 0 Å². The van der Waals surface area contributed by atoms with E-state index >= 15 is 0 Å². The van der Waals surface area contributed by atoms with E-state index in [2.05, 4.69) is 0 Å². The summed E-state index contributed by atoms with van der Waals surface area (Å²) in [7, 11) is 0. The molecule has 9 heteroatoms. The first-order chi connectivity index (χ1) is 10.4. The molecular weight excluding hydrogens is 327 g/mol. The minimum atomic E-state index is -5.08. The molecule has 1 saturated heterocycles. The Morgan fingerprint density at radius 1 is 1.00 bits per heavy atom. The van der Waals surface area contributed by atoms with Crippen molar-refractivity contribution in [2.75, 3.05) is 0 Å². The number of benzene rings is 1. The molecule has 4 nitrogen and oxygen atoms in total. The number of hydrogen-bond acceptors (Lipinski definition) is 4. The van der Waals surface area contributed by atoms with Crippen molar-refractivity contribution >= 4 is 18.0 Å². The van der Waals surface area contributed by atoms with Gasteiger partial charge in [-0.05, 0) is 12.1 Å². The van der Waals surface area contributed by atoms with E-state index in [1.54, 1.807) is 0 Å². The number of ether oxygens (including phenoxy) is 2. The van der Waals surface area contributed by atoms with Gasteiger partial charge in [0.25, 0.3) is 5.79 Å². The first-order valence-electron chi connectivity index (χ1n) is 6.16. The molecule has 1 aliphatic rings. The third-order valence-corrected chi connectivity index (χ3v) is 2.83. The van der Waals surface area contributed by atoms with Crippen LogP contribution < -0.4 is 0 Å². The van der Waals surface area contributed by atoms with Crippen molar-refractivity contribution in [2.45, 2.75) is 25.8 Å². The van der Waals surface area contributed by atoms with Crippen molar-refractivity contribution in [3.63, 3.8) is 0 Å². The molecule has 0 spiro atoms. The number of carbonyl (C=O) groups excluding carboxylic acids is 2. The molecule has 1 fully saturated rings. The molecule has 0 aromatic heterocycles. The maximum Gasteiger partial charge on any atom is 0.419 e. The topological polar surface area (TPSA) is 52.6 Å². The number of esters is 2. The van der Waals surface area contributed by atoms with E-state index in [0.717, 1.165) is 0 Å². The van der Waals surface area contributed by atoms with Crippen molar-refractivity contribution in [1.82, 2.24) is 0 Å². The second-order valence-electron chi connectivity index (χ2n) is 5.06. The van der Waals surface area contributed by atoms with Gasteiger partial charge >= 0.3 is 18.1 Å². The van der Waals surface area contributed by atoms with Crippen LogP contribution in [0.4, 0.5) is 22.0 Å². The highest BCUT2D eigenvalue weighted by molar-refractivity contribution is 6.18. The summed E-state index contributed by atoms with van der Waals surface area (Å²) in [5.74, 6) is -7.84. The van der Waals surface area contributed by atoms with Crippen LogP contribution in [-0.2, 0) is 25.2 Å². The molecule has 0 amide bonds. The lowest BCUT2D eigenvalue weighted by Crippen LogP contribution is -2.41. The van der Waals surface area contributed by atoms with Gasteiger partial charge in [0.15, 0.2) is 11.6 Å². The smallest absolute Gasteiger partial charge is 0.419 e. The summed E-state index contributed by atoms with van der Waals surface area (Å²) in [6.07, 6.45) is -4.51. The fourth-order valence-corrected chi connectivity index (χ4v) is 1.83. The zero-order valence-corrected chi connectivity index (χ0v) is 11.8. The fourth-order valence-electron chi connectivity index (χ4n) is 1.83. The molecule has 1 aromatic carbocycles. The Hall–Kier alpha value is -2.45. The highest BCUT2D eigenvalue weighted by Crippen LogP contribution is 2.34. The normalized spacial score (nSPS) is 17.6. The number of halogens is 5. The molecular formula is C14H9F5O4. The van der Waals surface area contributed by atoms with Gasteiger partial charge in [0.2, 0.25) is 0 Å². The molecule has 0 atom stereocenters. The number of carbonyl (C=O) groups is 2. The third-order valence-electron chi connectivity index (χ3n) is 2.83. The molecule has 124 valence electrons. The predicted octanol–water partition coefficient (Wildman–Crippen LogP) is 3.20. The van der Waals surface area contributed by atoms with Gasteiger partial charge in [-0.2, -0.15) is 13.2 Å². The standard InChI is InChI=1S/C14H9F5O4/c1-13(2)22-11(20)7(12(21)23-13)5-6-3-4-8(14(17,18)19)10(16)9(6)15/h3-5H,1-2H3. The second-order valence-corrected chi connectivity index (χ2v) is 5.06. The summed E-state index contributed by atoms with van der Waals surface area (Å²) in [6, 6.07) is 0.892. The van der Waals surface area contributed by atoms with Gasteiger partial charge in [-0.25, -0.2) is 18.4 Å². The van der Waals surface area contributed by atoms with Crippen molar-refractivity contribution in [1.29, 1.82) is 0 Å². The van der Waals surface area contributed by atoms with Crippen LogP contribution in [-0.4, -0.2) is 17.7 Å². The van der Waals surface area contributed by atoms with E-state index in [-0.39, 0.29) is 0 Å². The zero-order chi connectivity index (χ0) is 17.6. The summed E-state index contributed by atoms with van der Waals surface area (Å²) in [5, 5.41) is 0. The summed E-state index contributed by atoms with van der Waals surface area (Å²) in [5.41, 5.74) is -3.28. The van der Waals surface area contributed by atoms with E-state index in [4.69, 9.17) is 9.47 Å². The van der Waals surface area contributed by atoms with Crippen LogP contribution >= 0.6 is 0 Å². The molecule has 1 aliphatic heterocycles. The molecule has 0 saturated carbocycles. The average molecular weight is 336 g/mol. The summed E-state index contributed by atoms with van der Waals surface area (Å²) in [4.78, 5) is 23.3. The molecule has 23 heavy (non-hydrogen) atoms. The lowest BCUT2D eigenvalue weighted by Gasteiger charge is -2.29. The van der Waals surface area contributed by atoms with E-state index in [1.165, 1.54) is 13.8 Å². The largest absolute Gasteiger partial charge is 0.419 e. The molecule has 0 N–H and O–H groups in total. The Kier molecular flexibility index (Phi) is 3.91. The Labute approximate surface area is 126 Å². The summed E-state index contributed by atoms with van der Waals surface area (Å²) in [6.45, 7) is 2.55. The molecule has 0 bridgehead atoms. The Morgan fingerprint density at radius 2 is 1.52 bits per heavy atom. The lowest BCUT2D eigenvalue weighted by atomic mass is 10.1. The Morgan fingerprint density at radius 3 is 2.00 bits per heavy atom. The molecule has 0 unspecified atom stereocenters. The molecule has 0 aliphatic carbocycles. The maximum atomic E-state index is 13.7. The van der Waals surface area contributed by atoms with Crippen molar-refractivity contribution in [3.8, 4) is 0 Å². The molecule has 2 rings (SSSR count). The van der Waals surface area contributed by atoms with Crippen LogP contribution in [0.3, 0.4) is 0 Å². The summed E-state index contributed by atoms with van der Waals surface area (Å²) < 4.78 is 74.0. The lowest BCUT2D eigenvalue weighted by molar-refractivity contribution is -0.222. The van der Waals surface area contributed by atoms with Crippen LogP contribution in [0.1, 0.15) is 25.0 Å². The Bertz CT molecular complexity index is 697. The SMILES string of the molecule is CC1(C)OC(=O)C(=Cc2ccc(C(F)(F)F)c(F)c2F)C(=O)O1. The quantitative estimate of drug-likeness (QED) is 0.342. The van der Waals surface area contributed by atoms with Crippen molar-refractivity contribution in [3.05, 3.63) is 40.5 Å². The van der Waals surface area contributed by atoms with Gasteiger partial charge in [-0.1, -0.05) is 6.07 Å². The minimum absolute atomic E-state index is 0.300. The van der Waals surface area contributed by atoms with Gasteiger partial charge < -0.3 is 9.47 Å². The van der Waals surface area contributed by atoms with E-state index in [0.29, 0.717) is 18.2 Å². The third kappa shape index (κ3) is 3.33. The number of hydrogen-bond donors (Lipinski definition) is 0. The maximum absolute atomic E-state index is 13.7. The fraction of sp³-hybridized carbons (Fsp3) is 0.286. The van der Waals surface area contributed by atoms with Crippen molar-refractivity contribution < 1.29 is 41.0 Å². The number of alkyl halides is 3. The first-order valence-corrected chi connectivity index (χ1v) is 6.16. The highest BCUT2D eigenvalue weighted by atomic mass is 19.4. The zero-order valence-electron chi connectivity index (χ0n) is 11.8. The summed E-state index contributed by atoms with van der Waals surface area (Å²) >= 11 is 0. The van der Waals surface area contributed by atoms with Crippen LogP contribution in [0.25, 0.3) is 6.08 Å². The number of rotatable bonds is 1. The monoisotopic (exact) mass is 336 g/mol. The van der Waals surface area contributed by atoms with Crippen LogP contribution in [0.5, 0.6) is 0 Å². The molecule has 1 heterocycles. The molecule has 0 radical (unpaired) electrons. The van der Waals surface area contributed by atoms with Gasteiger partial charge in [-0.3, -0.25) is 0 Å². The van der Waals surface area contributed by atoms with Crippen LogP contribution in [0, 0.1) is 11.6 Å². The minimum Gasteiger partial charge on any atom is -0.419 e.